The lowest BCUT2D eigenvalue weighted by molar-refractivity contribution is 0.424. The average molecular weight is 545 g/mol. The van der Waals surface area contributed by atoms with Gasteiger partial charge in [0.15, 0.2) is 11.7 Å². The standard InChI is InChI=1S/C25H31N5O.HI/c1-3-26-25(27-18-22-17-24(31-29-22)20-10-5-4-6-11-20)28-19(2)21-12-9-13-23(16-21)30-14-7-8-15-30;/h4-6,9-13,16-17,19H,3,7-8,14-15,18H2,1-2H3,(H2,26,27,28);1H. The van der Waals surface area contributed by atoms with Crippen molar-refractivity contribution in [1.82, 2.24) is 15.8 Å². The van der Waals surface area contributed by atoms with Gasteiger partial charge >= 0.3 is 0 Å². The van der Waals surface area contributed by atoms with Crippen LogP contribution in [0.5, 0.6) is 0 Å². The Bertz CT molecular complexity index is 998. The molecule has 0 radical (unpaired) electrons. The molecule has 0 spiro atoms. The third kappa shape index (κ3) is 6.25. The van der Waals surface area contributed by atoms with Crippen LogP contribution in [0.1, 0.15) is 44.0 Å². The first-order valence-corrected chi connectivity index (χ1v) is 11.1. The van der Waals surface area contributed by atoms with Crippen LogP contribution in [0.3, 0.4) is 0 Å². The van der Waals surface area contributed by atoms with Crippen LogP contribution in [0.25, 0.3) is 11.3 Å². The van der Waals surface area contributed by atoms with Gasteiger partial charge in [0.1, 0.15) is 5.69 Å². The van der Waals surface area contributed by atoms with Crippen LogP contribution >= 0.6 is 24.0 Å². The summed E-state index contributed by atoms with van der Waals surface area (Å²) in [6.07, 6.45) is 2.56. The smallest absolute Gasteiger partial charge is 0.192 e. The van der Waals surface area contributed by atoms with Crippen LogP contribution in [0, 0.1) is 0 Å². The zero-order valence-corrected chi connectivity index (χ0v) is 21.1. The molecule has 7 heteroatoms. The number of hydrogen-bond donors (Lipinski definition) is 2. The van der Waals surface area contributed by atoms with Crippen molar-refractivity contribution in [3.05, 3.63) is 71.9 Å². The Kier molecular flexibility index (Phi) is 8.96. The summed E-state index contributed by atoms with van der Waals surface area (Å²) >= 11 is 0. The van der Waals surface area contributed by atoms with E-state index in [0.717, 1.165) is 42.6 Å². The minimum atomic E-state index is 0. The first kappa shape index (κ1) is 24.1. The van der Waals surface area contributed by atoms with Gasteiger partial charge < -0.3 is 20.1 Å². The van der Waals surface area contributed by atoms with E-state index >= 15 is 0 Å². The number of nitrogens with one attached hydrogen (secondary N) is 2. The number of benzene rings is 2. The van der Waals surface area contributed by atoms with Crippen LogP contribution in [-0.2, 0) is 6.54 Å². The maximum Gasteiger partial charge on any atom is 0.192 e. The molecule has 1 fully saturated rings. The van der Waals surface area contributed by atoms with E-state index in [0.29, 0.717) is 6.54 Å². The summed E-state index contributed by atoms with van der Waals surface area (Å²) in [6.45, 7) is 7.78. The van der Waals surface area contributed by atoms with E-state index in [1.165, 1.54) is 24.1 Å². The third-order valence-corrected chi connectivity index (χ3v) is 5.56. The van der Waals surface area contributed by atoms with Gasteiger partial charge in [-0.05, 0) is 44.4 Å². The van der Waals surface area contributed by atoms with Gasteiger partial charge in [0.05, 0.1) is 12.6 Å². The van der Waals surface area contributed by atoms with Crippen molar-refractivity contribution in [2.24, 2.45) is 4.99 Å². The molecule has 2 heterocycles. The molecule has 0 bridgehead atoms. The van der Waals surface area contributed by atoms with Gasteiger partial charge in [-0.25, -0.2) is 4.99 Å². The van der Waals surface area contributed by atoms with Crippen molar-refractivity contribution in [3.8, 4) is 11.3 Å². The minimum absolute atomic E-state index is 0. The van der Waals surface area contributed by atoms with Crippen molar-refractivity contribution in [3.63, 3.8) is 0 Å². The fraction of sp³-hybridized carbons (Fsp3) is 0.360. The normalized spacial score (nSPS) is 14.7. The highest BCUT2D eigenvalue weighted by Crippen LogP contribution is 2.24. The fourth-order valence-corrected chi connectivity index (χ4v) is 3.86. The number of halogens is 1. The SMILES string of the molecule is CCNC(=NCc1cc(-c2ccccc2)on1)NC(C)c1cccc(N2CCCC2)c1.I. The van der Waals surface area contributed by atoms with Crippen LogP contribution in [0.15, 0.2) is 70.2 Å². The van der Waals surface area contributed by atoms with Gasteiger partial charge in [-0.2, -0.15) is 0 Å². The molecule has 1 aromatic heterocycles. The maximum atomic E-state index is 5.49. The lowest BCUT2D eigenvalue weighted by atomic mass is 10.1. The Morgan fingerprint density at radius 1 is 1.09 bits per heavy atom. The Hall–Kier alpha value is -2.55. The largest absolute Gasteiger partial charge is 0.372 e. The number of aromatic nitrogens is 1. The molecule has 1 aliphatic rings. The quantitative estimate of drug-likeness (QED) is 0.237. The molecule has 4 rings (SSSR count). The number of guanidine groups is 1. The number of rotatable bonds is 7. The molecular formula is C25H32IN5O. The van der Waals surface area contributed by atoms with E-state index in [2.05, 4.69) is 58.8 Å². The van der Waals surface area contributed by atoms with E-state index in [-0.39, 0.29) is 30.0 Å². The van der Waals surface area contributed by atoms with Gasteiger partial charge in [0, 0.05) is 37.0 Å². The number of nitrogens with zero attached hydrogens (tertiary/aromatic N) is 3. The highest BCUT2D eigenvalue weighted by molar-refractivity contribution is 14.0. The maximum absolute atomic E-state index is 5.49. The molecular weight excluding hydrogens is 513 g/mol. The molecule has 1 atom stereocenters. The van der Waals surface area contributed by atoms with Gasteiger partial charge in [-0.3, -0.25) is 0 Å². The summed E-state index contributed by atoms with van der Waals surface area (Å²) in [5.74, 6) is 1.53. The van der Waals surface area contributed by atoms with Crippen LogP contribution < -0.4 is 15.5 Å². The average Bonchev–Trinajstić information content (AvgIpc) is 3.51. The summed E-state index contributed by atoms with van der Waals surface area (Å²) in [6, 6.07) is 20.9. The van der Waals surface area contributed by atoms with Crippen molar-refractivity contribution < 1.29 is 4.52 Å². The Morgan fingerprint density at radius 3 is 2.62 bits per heavy atom. The summed E-state index contributed by atoms with van der Waals surface area (Å²) in [5.41, 5.74) is 4.38. The van der Waals surface area contributed by atoms with E-state index in [9.17, 15) is 0 Å². The van der Waals surface area contributed by atoms with Crippen LogP contribution in [0.4, 0.5) is 5.69 Å². The van der Waals surface area contributed by atoms with Gasteiger partial charge in [0.25, 0.3) is 0 Å². The first-order chi connectivity index (χ1) is 15.2. The molecule has 0 saturated carbocycles. The Labute approximate surface area is 207 Å². The second-order valence-corrected chi connectivity index (χ2v) is 7.90. The molecule has 1 aliphatic heterocycles. The van der Waals surface area contributed by atoms with E-state index in [4.69, 9.17) is 9.52 Å². The predicted octanol–water partition coefficient (Wildman–Crippen LogP) is 5.38. The molecule has 2 aromatic carbocycles. The molecule has 3 aromatic rings. The summed E-state index contributed by atoms with van der Waals surface area (Å²) in [4.78, 5) is 7.18. The molecule has 0 amide bonds. The van der Waals surface area contributed by atoms with Crippen molar-refractivity contribution in [2.45, 2.75) is 39.3 Å². The summed E-state index contributed by atoms with van der Waals surface area (Å²) < 4.78 is 5.49. The third-order valence-electron chi connectivity index (χ3n) is 5.56. The highest BCUT2D eigenvalue weighted by atomic mass is 127. The molecule has 1 unspecified atom stereocenters. The number of anilines is 1. The van der Waals surface area contributed by atoms with E-state index in [1.807, 2.05) is 36.4 Å². The second-order valence-electron chi connectivity index (χ2n) is 7.90. The van der Waals surface area contributed by atoms with Crippen LogP contribution in [0.2, 0.25) is 0 Å². The van der Waals surface area contributed by atoms with Crippen molar-refractivity contribution in [2.75, 3.05) is 24.5 Å². The van der Waals surface area contributed by atoms with E-state index < -0.39 is 0 Å². The zero-order valence-electron chi connectivity index (χ0n) is 18.8. The zero-order chi connectivity index (χ0) is 21.5. The molecule has 6 nitrogen and oxygen atoms in total. The van der Waals surface area contributed by atoms with Gasteiger partial charge in [0.2, 0.25) is 0 Å². The monoisotopic (exact) mass is 545 g/mol. The highest BCUT2D eigenvalue weighted by Gasteiger charge is 2.15. The first-order valence-electron chi connectivity index (χ1n) is 11.1. The number of hydrogen-bond acceptors (Lipinski definition) is 4. The summed E-state index contributed by atoms with van der Waals surface area (Å²) in [7, 11) is 0. The Balaban J connectivity index is 0.00000289. The summed E-state index contributed by atoms with van der Waals surface area (Å²) in [5, 5.41) is 11.0. The minimum Gasteiger partial charge on any atom is -0.372 e. The van der Waals surface area contributed by atoms with Gasteiger partial charge in [-0.15, -0.1) is 24.0 Å². The van der Waals surface area contributed by atoms with Crippen molar-refractivity contribution in [1.29, 1.82) is 0 Å². The molecule has 170 valence electrons. The Morgan fingerprint density at radius 2 is 1.88 bits per heavy atom. The lowest BCUT2D eigenvalue weighted by Gasteiger charge is -2.22. The molecule has 32 heavy (non-hydrogen) atoms. The second kappa shape index (κ2) is 11.9. The van der Waals surface area contributed by atoms with Crippen LogP contribution in [-0.4, -0.2) is 30.8 Å². The molecule has 1 saturated heterocycles. The fourth-order valence-electron chi connectivity index (χ4n) is 3.86. The van der Waals surface area contributed by atoms with Crippen molar-refractivity contribution >= 4 is 35.6 Å². The number of aliphatic imine (C=N–C) groups is 1. The molecule has 2 N–H and O–H groups in total. The molecule has 0 aliphatic carbocycles. The van der Waals surface area contributed by atoms with Gasteiger partial charge in [-0.1, -0.05) is 47.6 Å². The topological polar surface area (TPSA) is 65.7 Å². The lowest BCUT2D eigenvalue weighted by Crippen LogP contribution is -2.38. The predicted molar refractivity (Wildman–Crippen MR) is 142 cm³/mol. The van der Waals surface area contributed by atoms with E-state index in [1.54, 1.807) is 0 Å².